The van der Waals surface area contributed by atoms with Crippen LogP contribution in [0.25, 0.3) is 11.3 Å². The SMILES string of the molecule is CC(C)(C)OC(=O)N1CCNCC1c1cc(F)cnc1-c1cn(C2CC(CN)C2)nc1C1CC1. The quantitative estimate of drug-likeness (QED) is 0.691. The van der Waals surface area contributed by atoms with Gasteiger partial charge in [0.25, 0.3) is 0 Å². The number of hydrogen-bond acceptors (Lipinski definition) is 6. The van der Waals surface area contributed by atoms with Crippen LogP contribution in [0.1, 0.15) is 75.7 Å². The minimum Gasteiger partial charge on any atom is -0.444 e. The molecule has 0 radical (unpaired) electrons. The van der Waals surface area contributed by atoms with Crippen LogP contribution >= 0.6 is 0 Å². The monoisotopic (exact) mass is 470 g/mol. The first-order chi connectivity index (χ1) is 16.2. The van der Waals surface area contributed by atoms with E-state index in [1.807, 2.05) is 20.8 Å². The van der Waals surface area contributed by atoms with E-state index in [0.717, 1.165) is 36.9 Å². The molecule has 0 bridgehead atoms. The average molecular weight is 471 g/mol. The second-order valence-electron chi connectivity index (χ2n) is 10.9. The second kappa shape index (κ2) is 8.92. The van der Waals surface area contributed by atoms with E-state index in [-0.39, 0.29) is 6.04 Å². The molecule has 2 aliphatic carbocycles. The van der Waals surface area contributed by atoms with Gasteiger partial charge in [0, 0.05) is 42.9 Å². The summed E-state index contributed by atoms with van der Waals surface area (Å²) in [5, 5.41) is 8.32. The van der Waals surface area contributed by atoms with E-state index in [9.17, 15) is 9.18 Å². The summed E-state index contributed by atoms with van der Waals surface area (Å²) in [5.74, 6) is 0.545. The molecular formula is C25H35FN6O2. The molecule has 5 rings (SSSR count). The van der Waals surface area contributed by atoms with Crippen molar-refractivity contribution in [3.63, 3.8) is 0 Å². The number of halogens is 1. The average Bonchev–Trinajstić information content (AvgIpc) is 3.51. The van der Waals surface area contributed by atoms with E-state index in [2.05, 4.69) is 21.2 Å². The topological polar surface area (TPSA) is 98.3 Å². The Balaban J connectivity index is 1.52. The van der Waals surface area contributed by atoms with Crippen LogP contribution in [0.5, 0.6) is 0 Å². The molecule has 3 aliphatic rings. The van der Waals surface area contributed by atoms with Gasteiger partial charge < -0.3 is 15.8 Å². The molecule has 2 saturated carbocycles. The lowest BCUT2D eigenvalue weighted by Crippen LogP contribution is -2.50. The number of nitrogens with zero attached hydrogens (tertiary/aromatic N) is 4. The van der Waals surface area contributed by atoms with Crippen molar-refractivity contribution in [2.75, 3.05) is 26.2 Å². The zero-order valence-electron chi connectivity index (χ0n) is 20.3. The standard InChI is InChI=1S/C25H35FN6O2/c1-25(2,3)34-24(33)31-7-6-28-13-21(31)19-10-17(26)12-29-23(19)20-14-32(18-8-15(9-18)11-27)30-22(20)16-4-5-16/h10,12,14-16,18,21,28H,4-9,11,13,27H2,1-3H3. The highest BCUT2D eigenvalue weighted by Crippen LogP contribution is 2.46. The van der Waals surface area contributed by atoms with Gasteiger partial charge in [0.2, 0.25) is 0 Å². The molecule has 1 amide bonds. The van der Waals surface area contributed by atoms with Crippen LogP contribution < -0.4 is 11.1 Å². The van der Waals surface area contributed by atoms with Crippen LogP contribution in [0.3, 0.4) is 0 Å². The molecule has 0 spiro atoms. The summed E-state index contributed by atoms with van der Waals surface area (Å²) in [5.41, 5.74) is 8.58. The zero-order chi connectivity index (χ0) is 24.0. The predicted octanol–water partition coefficient (Wildman–Crippen LogP) is 3.75. The van der Waals surface area contributed by atoms with E-state index < -0.39 is 17.5 Å². The Bertz CT molecular complexity index is 1050. The number of carbonyl (C=O) groups excluding carboxylic acids is 1. The van der Waals surface area contributed by atoms with Gasteiger partial charge in [-0.15, -0.1) is 0 Å². The van der Waals surface area contributed by atoms with E-state index in [4.69, 9.17) is 15.6 Å². The van der Waals surface area contributed by atoms with Crippen LogP contribution in [-0.2, 0) is 4.74 Å². The van der Waals surface area contributed by atoms with Gasteiger partial charge in [-0.3, -0.25) is 14.6 Å². The highest BCUT2D eigenvalue weighted by molar-refractivity contribution is 5.72. The van der Waals surface area contributed by atoms with Crippen LogP contribution in [0.15, 0.2) is 18.5 Å². The number of rotatable bonds is 5. The summed E-state index contributed by atoms with van der Waals surface area (Å²) in [7, 11) is 0. The third kappa shape index (κ3) is 4.68. The Hall–Kier alpha value is -2.52. The molecule has 1 atom stereocenters. The van der Waals surface area contributed by atoms with E-state index >= 15 is 0 Å². The molecular weight excluding hydrogens is 435 g/mol. The van der Waals surface area contributed by atoms with Crippen LogP contribution in [-0.4, -0.2) is 57.5 Å². The number of piperazine rings is 1. The number of pyridine rings is 1. The summed E-state index contributed by atoms with van der Waals surface area (Å²) in [6, 6.07) is 1.47. The zero-order valence-corrected chi connectivity index (χ0v) is 20.3. The highest BCUT2D eigenvalue weighted by Gasteiger charge is 2.38. The third-order valence-corrected chi connectivity index (χ3v) is 7.01. The maximum Gasteiger partial charge on any atom is 0.410 e. The number of ether oxygens (including phenoxy) is 1. The Morgan fingerprint density at radius 1 is 1.32 bits per heavy atom. The van der Waals surface area contributed by atoms with Gasteiger partial charge in [-0.2, -0.15) is 5.10 Å². The number of hydrogen-bond donors (Lipinski definition) is 2. The molecule has 3 N–H and O–H groups in total. The Kier molecular flexibility index (Phi) is 6.10. The summed E-state index contributed by atoms with van der Waals surface area (Å²) >= 11 is 0. The lowest BCUT2D eigenvalue weighted by Gasteiger charge is -2.38. The normalized spacial score (nSPS) is 25.2. The largest absolute Gasteiger partial charge is 0.444 e. The third-order valence-electron chi connectivity index (χ3n) is 7.01. The van der Waals surface area contributed by atoms with Crippen molar-refractivity contribution in [3.05, 3.63) is 35.5 Å². The van der Waals surface area contributed by atoms with Crippen molar-refractivity contribution < 1.29 is 13.9 Å². The molecule has 8 nitrogen and oxygen atoms in total. The maximum atomic E-state index is 14.5. The Morgan fingerprint density at radius 3 is 2.76 bits per heavy atom. The fraction of sp³-hybridized carbons (Fsp3) is 0.640. The first kappa shape index (κ1) is 23.2. The van der Waals surface area contributed by atoms with Crippen molar-refractivity contribution in [2.45, 2.75) is 70.1 Å². The summed E-state index contributed by atoms with van der Waals surface area (Å²) < 4.78 is 22.3. The van der Waals surface area contributed by atoms with Crippen LogP contribution in [0.4, 0.5) is 9.18 Å². The molecule has 2 aromatic rings. The molecule has 1 saturated heterocycles. The fourth-order valence-corrected chi connectivity index (χ4v) is 5.00. The summed E-state index contributed by atoms with van der Waals surface area (Å²) in [6.07, 6.45) is 7.21. The number of carbonyl (C=O) groups is 1. The highest BCUT2D eigenvalue weighted by atomic mass is 19.1. The smallest absolute Gasteiger partial charge is 0.410 e. The molecule has 3 heterocycles. The number of nitrogens with one attached hydrogen (secondary N) is 1. The first-order valence-electron chi connectivity index (χ1n) is 12.4. The maximum absolute atomic E-state index is 14.5. The van der Waals surface area contributed by atoms with Gasteiger partial charge in [0.15, 0.2) is 0 Å². The summed E-state index contributed by atoms with van der Waals surface area (Å²) in [4.78, 5) is 19.3. The van der Waals surface area contributed by atoms with Crippen molar-refractivity contribution >= 4 is 6.09 Å². The second-order valence-corrected chi connectivity index (χ2v) is 10.9. The van der Waals surface area contributed by atoms with Gasteiger partial charge in [0.1, 0.15) is 11.4 Å². The van der Waals surface area contributed by atoms with Crippen LogP contribution in [0.2, 0.25) is 0 Å². The fourth-order valence-electron chi connectivity index (χ4n) is 5.00. The molecule has 0 aromatic carbocycles. The lowest BCUT2D eigenvalue weighted by atomic mass is 9.80. The Morgan fingerprint density at radius 2 is 2.09 bits per heavy atom. The van der Waals surface area contributed by atoms with Crippen molar-refractivity contribution in [2.24, 2.45) is 11.7 Å². The molecule has 34 heavy (non-hydrogen) atoms. The Labute approximate surface area is 200 Å². The number of nitrogens with two attached hydrogens (primary N) is 1. The molecule has 1 unspecified atom stereocenters. The minimum atomic E-state index is -0.611. The number of amides is 1. The molecule has 184 valence electrons. The van der Waals surface area contributed by atoms with Crippen LogP contribution in [0, 0.1) is 11.7 Å². The van der Waals surface area contributed by atoms with Gasteiger partial charge in [0.05, 0.1) is 29.7 Å². The number of aromatic nitrogens is 3. The van der Waals surface area contributed by atoms with Gasteiger partial charge in [-0.25, -0.2) is 9.18 Å². The van der Waals surface area contributed by atoms with Crippen molar-refractivity contribution in [1.29, 1.82) is 0 Å². The molecule has 9 heteroatoms. The summed E-state index contributed by atoms with van der Waals surface area (Å²) in [6.45, 7) is 7.90. The van der Waals surface area contributed by atoms with Gasteiger partial charge in [-0.05, 0) is 65.0 Å². The predicted molar refractivity (Wildman–Crippen MR) is 127 cm³/mol. The van der Waals surface area contributed by atoms with E-state index in [0.29, 0.717) is 55.3 Å². The van der Waals surface area contributed by atoms with Crippen molar-refractivity contribution in [1.82, 2.24) is 25.0 Å². The van der Waals surface area contributed by atoms with Crippen molar-refractivity contribution in [3.8, 4) is 11.3 Å². The molecule has 3 fully saturated rings. The molecule has 2 aromatic heterocycles. The van der Waals surface area contributed by atoms with Gasteiger partial charge in [-0.1, -0.05) is 0 Å². The van der Waals surface area contributed by atoms with E-state index in [1.165, 1.54) is 12.3 Å². The molecule has 1 aliphatic heterocycles. The van der Waals surface area contributed by atoms with E-state index in [1.54, 1.807) is 4.90 Å². The minimum absolute atomic E-state index is 0.346. The van der Waals surface area contributed by atoms with Gasteiger partial charge >= 0.3 is 6.09 Å². The lowest BCUT2D eigenvalue weighted by molar-refractivity contribution is 0.0118. The first-order valence-corrected chi connectivity index (χ1v) is 12.4.